The SMILES string of the molecule is Cc1noc(C2CCCN(C(=O)CCCOc3ccc(Cl)cc3Cl)C2)n1. The third-order valence-electron chi connectivity index (χ3n) is 4.35. The molecule has 1 aromatic carbocycles. The fourth-order valence-corrected chi connectivity index (χ4v) is 3.50. The number of nitrogens with zero attached hydrogens (tertiary/aromatic N) is 3. The Kier molecular flexibility index (Phi) is 6.38. The van der Waals surface area contributed by atoms with Gasteiger partial charge in [0.1, 0.15) is 5.75 Å². The molecular weight excluding hydrogens is 377 g/mol. The lowest BCUT2D eigenvalue weighted by molar-refractivity contribution is -0.132. The molecule has 1 aliphatic rings. The van der Waals surface area contributed by atoms with Crippen LogP contribution in [-0.4, -0.2) is 40.6 Å². The molecule has 6 nitrogen and oxygen atoms in total. The Balaban J connectivity index is 1.44. The molecule has 2 heterocycles. The molecule has 0 bridgehead atoms. The first-order valence-electron chi connectivity index (χ1n) is 8.69. The summed E-state index contributed by atoms with van der Waals surface area (Å²) in [5.74, 6) is 2.07. The summed E-state index contributed by atoms with van der Waals surface area (Å²) in [6.45, 7) is 3.62. The molecule has 8 heteroatoms. The maximum atomic E-state index is 12.5. The molecule has 1 aliphatic heterocycles. The van der Waals surface area contributed by atoms with E-state index in [9.17, 15) is 4.79 Å². The van der Waals surface area contributed by atoms with Crippen molar-refractivity contribution in [1.82, 2.24) is 15.0 Å². The number of ether oxygens (including phenoxy) is 1. The highest BCUT2D eigenvalue weighted by molar-refractivity contribution is 6.35. The third kappa shape index (κ3) is 4.89. The molecule has 0 aliphatic carbocycles. The van der Waals surface area contributed by atoms with Crippen molar-refractivity contribution in [3.63, 3.8) is 0 Å². The minimum absolute atomic E-state index is 0.122. The fourth-order valence-electron chi connectivity index (χ4n) is 3.04. The van der Waals surface area contributed by atoms with Crippen LogP contribution in [0.4, 0.5) is 0 Å². The van der Waals surface area contributed by atoms with Gasteiger partial charge in [-0.25, -0.2) is 0 Å². The fraction of sp³-hybridized carbons (Fsp3) is 0.500. The summed E-state index contributed by atoms with van der Waals surface area (Å²) < 4.78 is 10.9. The van der Waals surface area contributed by atoms with Crippen LogP contribution in [0.25, 0.3) is 0 Å². The van der Waals surface area contributed by atoms with Gasteiger partial charge in [0, 0.05) is 24.5 Å². The zero-order valence-corrected chi connectivity index (χ0v) is 16.1. The summed E-state index contributed by atoms with van der Waals surface area (Å²) >= 11 is 11.9. The Bertz CT molecular complexity index is 766. The number of hydrogen-bond acceptors (Lipinski definition) is 5. The highest BCUT2D eigenvalue weighted by atomic mass is 35.5. The first-order chi connectivity index (χ1) is 12.5. The first kappa shape index (κ1) is 19.0. The molecule has 0 saturated carbocycles. The van der Waals surface area contributed by atoms with Gasteiger partial charge in [-0.3, -0.25) is 4.79 Å². The van der Waals surface area contributed by atoms with Gasteiger partial charge < -0.3 is 14.2 Å². The zero-order valence-electron chi connectivity index (χ0n) is 14.6. The lowest BCUT2D eigenvalue weighted by atomic mass is 9.97. The maximum absolute atomic E-state index is 12.5. The Hall–Kier alpha value is -1.79. The molecule has 140 valence electrons. The average molecular weight is 398 g/mol. The molecule has 26 heavy (non-hydrogen) atoms. The van der Waals surface area contributed by atoms with Gasteiger partial charge in [-0.1, -0.05) is 28.4 Å². The van der Waals surface area contributed by atoms with Gasteiger partial charge in [0.15, 0.2) is 5.82 Å². The van der Waals surface area contributed by atoms with Gasteiger partial charge in [0.05, 0.1) is 17.5 Å². The molecule has 1 unspecified atom stereocenters. The largest absolute Gasteiger partial charge is 0.492 e. The number of benzene rings is 1. The highest BCUT2D eigenvalue weighted by Gasteiger charge is 2.27. The van der Waals surface area contributed by atoms with Gasteiger partial charge in [-0.15, -0.1) is 0 Å². The minimum Gasteiger partial charge on any atom is -0.492 e. The molecular formula is C18H21Cl2N3O3. The van der Waals surface area contributed by atoms with Crippen LogP contribution >= 0.6 is 23.2 Å². The average Bonchev–Trinajstić information content (AvgIpc) is 3.06. The summed E-state index contributed by atoms with van der Waals surface area (Å²) in [4.78, 5) is 18.6. The molecule has 1 aromatic heterocycles. The van der Waals surface area contributed by atoms with Crippen molar-refractivity contribution in [1.29, 1.82) is 0 Å². The number of likely N-dealkylation sites (tertiary alicyclic amines) is 1. The number of amides is 1. The van der Waals surface area contributed by atoms with E-state index in [1.54, 1.807) is 25.1 Å². The smallest absolute Gasteiger partial charge is 0.231 e. The minimum atomic E-state index is 0.122. The maximum Gasteiger partial charge on any atom is 0.231 e. The summed E-state index contributed by atoms with van der Waals surface area (Å²) in [7, 11) is 0. The second-order valence-corrected chi connectivity index (χ2v) is 7.23. The van der Waals surface area contributed by atoms with Gasteiger partial charge in [0.25, 0.3) is 0 Å². The highest BCUT2D eigenvalue weighted by Crippen LogP contribution is 2.28. The Morgan fingerprint density at radius 3 is 3.00 bits per heavy atom. The zero-order chi connectivity index (χ0) is 18.5. The predicted molar refractivity (Wildman–Crippen MR) is 98.8 cm³/mol. The summed E-state index contributed by atoms with van der Waals surface area (Å²) in [6, 6.07) is 5.09. The standard InChI is InChI=1S/C18H21Cl2N3O3/c1-12-21-18(26-22-12)13-4-2-8-23(11-13)17(24)5-3-9-25-16-7-6-14(19)10-15(16)20/h6-7,10,13H,2-5,8-9,11H2,1H3. The van der Waals surface area contributed by atoms with Crippen LogP contribution in [0.2, 0.25) is 10.0 Å². The van der Waals surface area contributed by atoms with E-state index in [0.29, 0.717) is 53.5 Å². The third-order valence-corrected chi connectivity index (χ3v) is 4.88. The number of piperidine rings is 1. The van der Waals surface area contributed by atoms with Crippen LogP contribution in [0.1, 0.15) is 43.3 Å². The van der Waals surface area contributed by atoms with E-state index in [1.165, 1.54) is 0 Å². The van der Waals surface area contributed by atoms with Crippen molar-refractivity contribution in [3.8, 4) is 5.75 Å². The lowest BCUT2D eigenvalue weighted by Crippen LogP contribution is -2.39. The number of rotatable bonds is 6. The number of aryl methyl sites for hydroxylation is 1. The molecule has 3 rings (SSSR count). The van der Waals surface area contributed by atoms with E-state index in [-0.39, 0.29) is 11.8 Å². The quantitative estimate of drug-likeness (QED) is 0.681. The normalized spacial score (nSPS) is 17.3. The van der Waals surface area contributed by atoms with Crippen LogP contribution in [0, 0.1) is 6.92 Å². The molecule has 0 N–H and O–H groups in total. The van der Waals surface area contributed by atoms with Gasteiger partial charge in [0.2, 0.25) is 11.8 Å². The monoisotopic (exact) mass is 397 g/mol. The number of hydrogen-bond donors (Lipinski definition) is 0. The van der Waals surface area contributed by atoms with Crippen LogP contribution in [-0.2, 0) is 4.79 Å². The van der Waals surface area contributed by atoms with Gasteiger partial charge >= 0.3 is 0 Å². The van der Waals surface area contributed by atoms with Gasteiger partial charge in [-0.2, -0.15) is 4.98 Å². The van der Waals surface area contributed by atoms with Crippen molar-refractivity contribution in [3.05, 3.63) is 40.0 Å². The summed E-state index contributed by atoms with van der Waals surface area (Å²) in [5.41, 5.74) is 0. The molecule has 0 radical (unpaired) electrons. The molecule has 1 saturated heterocycles. The van der Waals surface area contributed by atoms with E-state index in [0.717, 1.165) is 19.4 Å². The summed E-state index contributed by atoms with van der Waals surface area (Å²) in [6.07, 6.45) is 2.96. The first-order valence-corrected chi connectivity index (χ1v) is 9.44. The van der Waals surface area contributed by atoms with E-state index in [4.69, 9.17) is 32.5 Å². The number of carbonyl (C=O) groups is 1. The molecule has 1 fully saturated rings. The number of aromatic nitrogens is 2. The molecule has 1 atom stereocenters. The molecule has 2 aromatic rings. The topological polar surface area (TPSA) is 68.5 Å². The lowest BCUT2D eigenvalue weighted by Gasteiger charge is -2.31. The van der Waals surface area contributed by atoms with E-state index in [1.807, 2.05) is 4.90 Å². The summed E-state index contributed by atoms with van der Waals surface area (Å²) in [5, 5.41) is 4.87. The Labute approximate surface area is 162 Å². The Morgan fingerprint density at radius 2 is 2.27 bits per heavy atom. The second kappa shape index (κ2) is 8.73. The van der Waals surface area contributed by atoms with E-state index >= 15 is 0 Å². The van der Waals surface area contributed by atoms with Crippen LogP contribution in [0.3, 0.4) is 0 Å². The van der Waals surface area contributed by atoms with Crippen molar-refractivity contribution in [2.75, 3.05) is 19.7 Å². The number of halogens is 2. The number of carbonyl (C=O) groups excluding carboxylic acids is 1. The van der Waals surface area contributed by atoms with Crippen LogP contribution < -0.4 is 4.74 Å². The molecule has 1 amide bonds. The second-order valence-electron chi connectivity index (χ2n) is 6.39. The van der Waals surface area contributed by atoms with E-state index < -0.39 is 0 Å². The predicted octanol–water partition coefficient (Wildman–Crippen LogP) is 4.25. The Morgan fingerprint density at radius 1 is 1.42 bits per heavy atom. The van der Waals surface area contributed by atoms with Crippen molar-refractivity contribution < 1.29 is 14.1 Å². The van der Waals surface area contributed by atoms with Crippen molar-refractivity contribution in [2.45, 2.75) is 38.5 Å². The van der Waals surface area contributed by atoms with Crippen LogP contribution in [0.5, 0.6) is 5.75 Å². The van der Waals surface area contributed by atoms with Crippen molar-refractivity contribution >= 4 is 29.1 Å². The van der Waals surface area contributed by atoms with Crippen LogP contribution in [0.15, 0.2) is 22.7 Å². The van der Waals surface area contributed by atoms with Crippen molar-refractivity contribution in [2.24, 2.45) is 0 Å². The van der Waals surface area contributed by atoms with Gasteiger partial charge in [-0.05, 0) is 44.4 Å². The molecule has 0 spiro atoms. The van der Waals surface area contributed by atoms with E-state index in [2.05, 4.69) is 10.1 Å².